The zero-order chi connectivity index (χ0) is 21.5. The highest BCUT2D eigenvalue weighted by atomic mass is 32.1. The minimum atomic E-state index is -0.250. The molecule has 31 heavy (non-hydrogen) atoms. The molecule has 156 valence electrons. The van der Waals surface area contributed by atoms with Crippen LogP contribution in [0.15, 0.2) is 84.2 Å². The summed E-state index contributed by atoms with van der Waals surface area (Å²) in [7, 11) is 0. The molecule has 0 bridgehead atoms. The number of amides is 1. The number of nitrogens with one attached hydrogen (secondary N) is 1. The number of carbonyl (C=O) groups excluding carboxylic acids is 1. The van der Waals surface area contributed by atoms with Crippen LogP contribution >= 0.6 is 11.3 Å². The predicted molar refractivity (Wildman–Crippen MR) is 125 cm³/mol. The van der Waals surface area contributed by atoms with Crippen molar-refractivity contribution in [3.05, 3.63) is 84.2 Å². The fourth-order valence-electron chi connectivity index (χ4n) is 3.03. The zero-order valence-electron chi connectivity index (χ0n) is 17.1. The summed E-state index contributed by atoms with van der Waals surface area (Å²) in [5, 5.41) is 5.24. The van der Waals surface area contributed by atoms with Crippen molar-refractivity contribution >= 4 is 22.4 Å². The molecule has 6 heteroatoms. The number of anilines is 1. The number of hydrogen-bond donors (Lipinski definition) is 1. The Kier molecular flexibility index (Phi) is 6.59. The second kappa shape index (κ2) is 9.91. The van der Waals surface area contributed by atoms with Crippen LogP contribution < -0.4 is 14.8 Å². The number of ether oxygens (including phenoxy) is 2. The quantitative estimate of drug-likeness (QED) is 0.378. The van der Waals surface area contributed by atoms with Crippen molar-refractivity contribution in [2.24, 2.45) is 0 Å². The lowest BCUT2D eigenvalue weighted by molar-refractivity contribution is -0.118. The molecule has 1 amide bonds. The highest BCUT2D eigenvalue weighted by molar-refractivity contribution is 7.14. The summed E-state index contributed by atoms with van der Waals surface area (Å²) in [5.74, 6) is 1.22. The van der Waals surface area contributed by atoms with Gasteiger partial charge in [0.1, 0.15) is 11.5 Å². The molecular formula is C25H22N2O3S. The van der Waals surface area contributed by atoms with Crippen LogP contribution in [0.5, 0.6) is 11.5 Å². The van der Waals surface area contributed by atoms with Crippen molar-refractivity contribution in [1.29, 1.82) is 0 Å². The summed E-state index contributed by atoms with van der Waals surface area (Å²) in [6.45, 7) is 2.50. The summed E-state index contributed by atoms with van der Waals surface area (Å²) in [4.78, 5) is 16.7. The van der Waals surface area contributed by atoms with Crippen molar-refractivity contribution in [3.8, 4) is 33.9 Å². The van der Waals surface area contributed by atoms with Crippen LogP contribution in [0.25, 0.3) is 22.4 Å². The summed E-state index contributed by atoms with van der Waals surface area (Å²) in [5.41, 5.74) is 4.01. The van der Waals surface area contributed by atoms with Gasteiger partial charge < -0.3 is 9.47 Å². The van der Waals surface area contributed by atoms with Gasteiger partial charge in [-0.05, 0) is 54.4 Å². The maximum absolute atomic E-state index is 12.3. The predicted octanol–water partition coefficient (Wildman–Crippen LogP) is 5.89. The number of aromatic nitrogens is 1. The fraction of sp³-hybridized carbons (Fsp3) is 0.120. The first kappa shape index (κ1) is 20.6. The number of benzene rings is 3. The second-order valence-corrected chi connectivity index (χ2v) is 7.58. The van der Waals surface area contributed by atoms with Crippen molar-refractivity contribution in [2.45, 2.75) is 6.92 Å². The molecule has 0 aliphatic carbocycles. The van der Waals surface area contributed by atoms with E-state index in [2.05, 4.69) is 22.4 Å². The molecule has 5 nitrogen and oxygen atoms in total. The first-order chi connectivity index (χ1) is 15.2. The van der Waals surface area contributed by atoms with E-state index in [9.17, 15) is 4.79 Å². The average molecular weight is 431 g/mol. The topological polar surface area (TPSA) is 60.5 Å². The van der Waals surface area contributed by atoms with Crippen molar-refractivity contribution < 1.29 is 14.3 Å². The number of nitrogens with zero attached hydrogens (tertiary/aromatic N) is 1. The van der Waals surface area contributed by atoms with Gasteiger partial charge in [-0.3, -0.25) is 10.1 Å². The Morgan fingerprint density at radius 1 is 0.839 bits per heavy atom. The third-order valence-corrected chi connectivity index (χ3v) is 5.30. The first-order valence-corrected chi connectivity index (χ1v) is 10.9. The van der Waals surface area contributed by atoms with E-state index in [4.69, 9.17) is 9.47 Å². The Balaban J connectivity index is 1.30. The third-order valence-electron chi connectivity index (χ3n) is 4.54. The van der Waals surface area contributed by atoms with E-state index in [0.717, 1.165) is 28.1 Å². The largest absolute Gasteiger partial charge is 0.494 e. The Morgan fingerprint density at radius 3 is 2.13 bits per heavy atom. The van der Waals surface area contributed by atoms with Crippen molar-refractivity contribution in [3.63, 3.8) is 0 Å². The van der Waals surface area contributed by atoms with E-state index < -0.39 is 0 Å². The number of hydrogen-bond acceptors (Lipinski definition) is 5. The van der Waals surface area contributed by atoms with Gasteiger partial charge in [0.05, 0.1) is 12.3 Å². The number of thiazole rings is 1. The van der Waals surface area contributed by atoms with Gasteiger partial charge in [0.15, 0.2) is 11.7 Å². The van der Waals surface area contributed by atoms with E-state index in [-0.39, 0.29) is 12.5 Å². The summed E-state index contributed by atoms with van der Waals surface area (Å²) < 4.78 is 11.1. The number of rotatable bonds is 8. The summed E-state index contributed by atoms with van der Waals surface area (Å²) in [6.07, 6.45) is 0. The highest BCUT2D eigenvalue weighted by Gasteiger charge is 2.09. The molecule has 0 atom stereocenters. The lowest BCUT2D eigenvalue weighted by atomic mass is 10.1. The first-order valence-electron chi connectivity index (χ1n) is 9.98. The SMILES string of the molecule is CCOc1ccc(-c2csc(NC(=O)COc3ccc(-c4ccccc4)cc3)n2)cc1. The van der Waals surface area contributed by atoms with Crippen LogP contribution in [-0.4, -0.2) is 24.1 Å². The van der Waals surface area contributed by atoms with Gasteiger partial charge in [0.25, 0.3) is 5.91 Å². The normalized spacial score (nSPS) is 10.5. The van der Waals surface area contributed by atoms with Crippen LogP contribution in [0.1, 0.15) is 6.92 Å². The van der Waals surface area contributed by atoms with Crippen LogP contribution in [0.4, 0.5) is 5.13 Å². The highest BCUT2D eigenvalue weighted by Crippen LogP contribution is 2.27. The van der Waals surface area contributed by atoms with Gasteiger partial charge in [-0.1, -0.05) is 42.5 Å². The molecule has 0 aliphatic heterocycles. The van der Waals surface area contributed by atoms with Gasteiger partial charge in [0, 0.05) is 10.9 Å². The molecule has 1 N–H and O–H groups in total. The second-order valence-electron chi connectivity index (χ2n) is 6.72. The Hall–Kier alpha value is -3.64. The van der Waals surface area contributed by atoms with E-state index in [1.165, 1.54) is 11.3 Å². The molecule has 1 heterocycles. The molecule has 0 saturated heterocycles. The maximum atomic E-state index is 12.3. The molecule has 0 spiro atoms. The van der Waals surface area contributed by atoms with Crippen LogP contribution in [0, 0.1) is 0 Å². The smallest absolute Gasteiger partial charge is 0.264 e. The van der Waals surface area contributed by atoms with Gasteiger partial charge >= 0.3 is 0 Å². The average Bonchev–Trinajstić information content (AvgIpc) is 3.28. The molecule has 4 aromatic rings. The molecule has 0 radical (unpaired) electrons. The Labute approximate surface area is 185 Å². The standard InChI is InChI=1S/C25H22N2O3S/c1-2-29-21-14-10-20(11-15-21)23-17-31-25(26-23)27-24(28)16-30-22-12-8-19(9-13-22)18-6-4-3-5-7-18/h3-15,17H,2,16H2,1H3,(H,26,27,28). The molecule has 3 aromatic carbocycles. The van der Waals surface area contributed by atoms with Crippen LogP contribution in [0.2, 0.25) is 0 Å². The Bertz CT molecular complexity index is 1120. The lowest BCUT2D eigenvalue weighted by Gasteiger charge is -2.07. The molecule has 0 aliphatic rings. The molecule has 0 unspecified atom stereocenters. The molecular weight excluding hydrogens is 408 g/mol. The van der Waals surface area contributed by atoms with Crippen LogP contribution in [-0.2, 0) is 4.79 Å². The summed E-state index contributed by atoms with van der Waals surface area (Å²) in [6, 6.07) is 25.5. The fourth-order valence-corrected chi connectivity index (χ4v) is 3.77. The van der Waals surface area contributed by atoms with Crippen LogP contribution in [0.3, 0.4) is 0 Å². The number of carbonyl (C=O) groups is 1. The zero-order valence-corrected chi connectivity index (χ0v) is 17.9. The monoisotopic (exact) mass is 430 g/mol. The van der Waals surface area contributed by atoms with Gasteiger partial charge in [-0.2, -0.15) is 0 Å². The third kappa shape index (κ3) is 5.49. The minimum absolute atomic E-state index is 0.0807. The summed E-state index contributed by atoms with van der Waals surface area (Å²) >= 11 is 1.38. The van der Waals surface area contributed by atoms with Crippen molar-refractivity contribution in [1.82, 2.24) is 4.98 Å². The molecule has 0 fully saturated rings. The Morgan fingerprint density at radius 2 is 1.45 bits per heavy atom. The van der Waals surface area contributed by atoms with E-state index in [1.54, 1.807) is 0 Å². The van der Waals surface area contributed by atoms with Gasteiger partial charge in [-0.15, -0.1) is 11.3 Å². The molecule has 1 aromatic heterocycles. The van der Waals surface area contributed by atoms with Crippen molar-refractivity contribution in [2.75, 3.05) is 18.5 Å². The lowest BCUT2D eigenvalue weighted by Crippen LogP contribution is -2.20. The van der Waals surface area contributed by atoms with E-state index in [1.807, 2.05) is 79.0 Å². The molecule has 4 rings (SSSR count). The van der Waals surface area contributed by atoms with E-state index >= 15 is 0 Å². The maximum Gasteiger partial charge on any atom is 0.264 e. The molecule has 0 saturated carbocycles. The minimum Gasteiger partial charge on any atom is -0.494 e. The van der Waals surface area contributed by atoms with Gasteiger partial charge in [-0.25, -0.2) is 4.98 Å². The van der Waals surface area contributed by atoms with Gasteiger partial charge in [0.2, 0.25) is 0 Å². The van der Waals surface area contributed by atoms with E-state index in [0.29, 0.717) is 17.5 Å².